The van der Waals surface area contributed by atoms with Crippen LogP contribution in [-0.4, -0.2) is 50.8 Å². The van der Waals surface area contributed by atoms with Gasteiger partial charge in [-0.05, 0) is 17.5 Å². The number of carbonyl (C=O) groups is 3. The quantitative estimate of drug-likeness (QED) is 0.869. The zero-order chi connectivity index (χ0) is 20.4. The van der Waals surface area contributed by atoms with Crippen LogP contribution in [-0.2, 0) is 16.0 Å². The van der Waals surface area contributed by atoms with Crippen molar-refractivity contribution in [2.24, 2.45) is 0 Å². The number of amides is 3. The number of benzene rings is 2. The second kappa shape index (κ2) is 7.79. The summed E-state index contributed by atoms with van der Waals surface area (Å²) in [7, 11) is 0. The maximum atomic E-state index is 13.3. The molecule has 148 valence electrons. The summed E-state index contributed by atoms with van der Waals surface area (Å²) < 4.78 is 0. The standard InChI is InChI=1S/C22H21N3O4/c26-19-12-14-24(22(28)29)18-15-23(13-11-16-7-3-1-4-8-16)21(27)20(25(18)19)17-9-5-2-6-10-17/h1-10,15,20H,11-14H2,(H,28,29)/t20-/m0/s1. The monoisotopic (exact) mass is 391 g/mol. The molecule has 1 N–H and O–H groups in total. The SMILES string of the molecule is O=C1[C@H](c2ccccc2)N2C(=O)CCN(C(=O)O)C2=CN1CCc1ccccc1. The average Bonchev–Trinajstić information content (AvgIpc) is 2.74. The molecule has 7 nitrogen and oxygen atoms in total. The van der Waals surface area contributed by atoms with Gasteiger partial charge < -0.3 is 10.0 Å². The molecule has 2 aliphatic rings. The lowest BCUT2D eigenvalue weighted by Gasteiger charge is -2.45. The van der Waals surface area contributed by atoms with Gasteiger partial charge in [0.15, 0.2) is 0 Å². The molecule has 3 amide bonds. The molecule has 2 aromatic rings. The lowest BCUT2D eigenvalue weighted by Crippen LogP contribution is -2.56. The highest BCUT2D eigenvalue weighted by molar-refractivity contribution is 5.93. The number of fused-ring (bicyclic) bond motifs is 1. The van der Waals surface area contributed by atoms with Crippen molar-refractivity contribution in [1.29, 1.82) is 0 Å². The van der Waals surface area contributed by atoms with Crippen LogP contribution in [0.4, 0.5) is 4.79 Å². The Bertz CT molecular complexity index is 959. The van der Waals surface area contributed by atoms with Gasteiger partial charge >= 0.3 is 6.09 Å². The first kappa shape index (κ1) is 18.7. The van der Waals surface area contributed by atoms with E-state index in [0.717, 1.165) is 10.5 Å². The molecule has 1 atom stereocenters. The van der Waals surface area contributed by atoms with Gasteiger partial charge in [-0.1, -0.05) is 60.7 Å². The molecular weight excluding hydrogens is 370 g/mol. The Balaban J connectivity index is 1.72. The molecule has 0 aliphatic carbocycles. The predicted octanol–water partition coefficient (Wildman–Crippen LogP) is 2.82. The van der Waals surface area contributed by atoms with E-state index < -0.39 is 12.1 Å². The van der Waals surface area contributed by atoms with Crippen molar-refractivity contribution in [1.82, 2.24) is 14.7 Å². The lowest BCUT2D eigenvalue weighted by atomic mass is 10.00. The molecule has 29 heavy (non-hydrogen) atoms. The number of nitrogens with zero attached hydrogens (tertiary/aromatic N) is 3. The van der Waals surface area contributed by atoms with Crippen LogP contribution in [0.5, 0.6) is 0 Å². The van der Waals surface area contributed by atoms with Gasteiger partial charge in [-0.3, -0.25) is 19.4 Å². The molecule has 2 heterocycles. The maximum Gasteiger partial charge on any atom is 0.413 e. The third kappa shape index (κ3) is 3.59. The van der Waals surface area contributed by atoms with E-state index in [2.05, 4.69) is 0 Å². The topological polar surface area (TPSA) is 81.2 Å². The van der Waals surface area contributed by atoms with Crippen LogP contribution in [0.2, 0.25) is 0 Å². The van der Waals surface area contributed by atoms with Crippen LogP contribution in [0, 0.1) is 0 Å². The minimum atomic E-state index is -1.14. The van der Waals surface area contributed by atoms with Crippen LogP contribution in [0.3, 0.4) is 0 Å². The fourth-order valence-corrected chi connectivity index (χ4v) is 3.77. The summed E-state index contributed by atoms with van der Waals surface area (Å²) in [5, 5.41) is 9.62. The molecule has 0 radical (unpaired) electrons. The van der Waals surface area contributed by atoms with Crippen LogP contribution >= 0.6 is 0 Å². The first-order chi connectivity index (χ1) is 14.1. The van der Waals surface area contributed by atoms with E-state index >= 15 is 0 Å². The van der Waals surface area contributed by atoms with Crippen molar-refractivity contribution < 1.29 is 19.5 Å². The molecule has 0 bridgehead atoms. The van der Waals surface area contributed by atoms with E-state index in [-0.39, 0.29) is 30.6 Å². The van der Waals surface area contributed by atoms with Crippen LogP contribution < -0.4 is 0 Å². The fourth-order valence-electron chi connectivity index (χ4n) is 3.77. The van der Waals surface area contributed by atoms with Crippen molar-refractivity contribution in [3.05, 3.63) is 83.8 Å². The summed E-state index contributed by atoms with van der Waals surface area (Å²) in [4.78, 5) is 41.8. The number of hydrogen-bond acceptors (Lipinski definition) is 3. The summed E-state index contributed by atoms with van der Waals surface area (Å²) in [5.41, 5.74) is 1.74. The molecule has 0 saturated carbocycles. The van der Waals surface area contributed by atoms with E-state index in [0.29, 0.717) is 18.5 Å². The Labute approximate surface area is 168 Å². The van der Waals surface area contributed by atoms with Gasteiger partial charge in [0, 0.05) is 25.7 Å². The smallest absolute Gasteiger partial charge is 0.413 e. The highest BCUT2D eigenvalue weighted by atomic mass is 16.4. The summed E-state index contributed by atoms with van der Waals surface area (Å²) >= 11 is 0. The third-order valence-electron chi connectivity index (χ3n) is 5.22. The first-order valence-electron chi connectivity index (χ1n) is 9.50. The van der Waals surface area contributed by atoms with Gasteiger partial charge in [0.2, 0.25) is 5.91 Å². The minimum absolute atomic E-state index is 0.0459. The summed E-state index contributed by atoms with van der Waals surface area (Å²) in [6.07, 6.45) is 1.02. The van der Waals surface area contributed by atoms with Crippen LogP contribution in [0.25, 0.3) is 0 Å². The van der Waals surface area contributed by atoms with Crippen molar-refractivity contribution in [3.8, 4) is 0 Å². The Morgan fingerprint density at radius 3 is 2.31 bits per heavy atom. The molecule has 2 aromatic carbocycles. The molecule has 0 aromatic heterocycles. The van der Waals surface area contributed by atoms with Gasteiger partial charge in [-0.15, -0.1) is 0 Å². The van der Waals surface area contributed by atoms with Crippen molar-refractivity contribution in [2.45, 2.75) is 18.9 Å². The third-order valence-corrected chi connectivity index (χ3v) is 5.22. The van der Waals surface area contributed by atoms with Crippen LogP contribution in [0.15, 0.2) is 72.7 Å². The highest BCUT2D eigenvalue weighted by Gasteiger charge is 2.45. The largest absolute Gasteiger partial charge is 0.465 e. The van der Waals surface area contributed by atoms with Gasteiger partial charge in [-0.25, -0.2) is 4.79 Å². The highest BCUT2D eigenvalue weighted by Crippen LogP contribution is 2.36. The number of hydrogen-bond donors (Lipinski definition) is 1. The first-order valence-corrected chi connectivity index (χ1v) is 9.50. The minimum Gasteiger partial charge on any atom is -0.465 e. The second-order valence-corrected chi connectivity index (χ2v) is 7.02. The maximum absolute atomic E-state index is 13.3. The van der Waals surface area contributed by atoms with Gasteiger partial charge in [0.25, 0.3) is 5.91 Å². The normalized spacial score (nSPS) is 19.1. The van der Waals surface area contributed by atoms with E-state index in [4.69, 9.17) is 0 Å². The van der Waals surface area contributed by atoms with E-state index in [1.165, 1.54) is 16.0 Å². The van der Waals surface area contributed by atoms with Gasteiger partial charge in [0.1, 0.15) is 11.9 Å². The van der Waals surface area contributed by atoms with Crippen molar-refractivity contribution in [2.75, 3.05) is 13.1 Å². The van der Waals surface area contributed by atoms with E-state index in [9.17, 15) is 19.5 Å². The molecule has 2 aliphatic heterocycles. The van der Waals surface area contributed by atoms with Crippen LogP contribution in [0.1, 0.15) is 23.6 Å². The van der Waals surface area contributed by atoms with Crippen molar-refractivity contribution >= 4 is 17.9 Å². The molecule has 0 unspecified atom stereocenters. The Kier molecular flexibility index (Phi) is 5.03. The predicted molar refractivity (Wildman–Crippen MR) is 105 cm³/mol. The summed E-state index contributed by atoms with van der Waals surface area (Å²) in [5.74, 6) is -0.259. The second-order valence-electron chi connectivity index (χ2n) is 7.02. The summed E-state index contributed by atoms with van der Waals surface area (Å²) in [6, 6.07) is 17.9. The summed E-state index contributed by atoms with van der Waals surface area (Å²) in [6.45, 7) is 0.476. The van der Waals surface area contributed by atoms with Gasteiger partial charge in [-0.2, -0.15) is 0 Å². The van der Waals surface area contributed by atoms with Gasteiger partial charge in [0.05, 0.1) is 0 Å². The number of carbonyl (C=O) groups excluding carboxylic acids is 2. The fraction of sp³-hybridized carbons (Fsp3) is 0.227. The molecular formula is C22H21N3O4. The molecule has 1 saturated heterocycles. The van der Waals surface area contributed by atoms with E-state index in [1.807, 2.05) is 36.4 Å². The van der Waals surface area contributed by atoms with E-state index in [1.54, 1.807) is 24.3 Å². The number of carboxylic acid groups (broad SMARTS) is 1. The van der Waals surface area contributed by atoms with Crippen molar-refractivity contribution in [3.63, 3.8) is 0 Å². The Hall–Kier alpha value is -3.61. The number of rotatable bonds is 4. The zero-order valence-corrected chi connectivity index (χ0v) is 15.8. The molecule has 0 spiro atoms. The molecule has 4 rings (SSSR count). The Morgan fingerprint density at radius 2 is 1.66 bits per heavy atom. The molecule has 1 fully saturated rings. The lowest BCUT2D eigenvalue weighted by molar-refractivity contribution is -0.148. The molecule has 7 heteroatoms. The average molecular weight is 391 g/mol. The zero-order valence-electron chi connectivity index (χ0n) is 15.8. The Morgan fingerprint density at radius 1 is 1.00 bits per heavy atom.